The highest BCUT2D eigenvalue weighted by molar-refractivity contribution is 5.92. The lowest BCUT2D eigenvalue weighted by atomic mass is 9.94. The number of benzene rings is 2. The van der Waals surface area contributed by atoms with Crippen LogP contribution in [-0.2, 0) is 17.8 Å². The van der Waals surface area contributed by atoms with E-state index in [1.165, 1.54) is 18.2 Å². The zero-order valence-electron chi connectivity index (χ0n) is 11.8. The van der Waals surface area contributed by atoms with Gasteiger partial charge >= 0.3 is 0 Å². The summed E-state index contributed by atoms with van der Waals surface area (Å²) in [5.74, 6) is 0.179. The number of carbonyl (C=O) groups is 1. The second kappa shape index (κ2) is 5.58. The molecule has 1 aliphatic heterocycles. The first-order valence-electron chi connectivity index (χ1n) is 6.79. The van der Waals surface area contributed by atoms with Gasteiger partial charge in [-0.3, -0.25) is 4.79 Å². The summed E-state index contributed by atoms with van der Waals surface area (Å²) in [7, 11) is 1.46. The average Bonchev–Trinajstić information content (AvgIpc) is 2.54. The smallest absolute Gasteiger partial charge is 0.169 e. The molecule has 0 radical (unpaired) electrons. The molecular weight excluding hydrogens is 268 g/mol. The maximum Gasteiger partial charge on any atom is 0.169 e. The van der Waals surface area contributed by atoms with Crippen molar-refractivity contribution in [1.29, 1.82) is 0 Å². The molecule has 0 bridgehead atoms. The molecule has 1 heterocycles. The van der Waals surface area contributed by atoms with Gasteiger partial charge in [-0.25, -0.2) is 0 Å². The standard InChI is InChI=1S/C17H16O4/c1-20-16-5-4-14(15(9-18)17(16)19)12-2-3-13-10-21-7-6-11(13)8-12/h2-5,8-9,19H,6-7,10H2,1H3. The number of aldehydes is 1. The predicted molar refractivity (Wildman–Crippen MR) is 78.8 cm³/mol. The second-order valence-corrected chi connectivity index (χ2v) is 4.98. The van der Waals surface area contributed by atoms with E-state index in [1.54, 1.807) is 12.1 Å². The Bertz CT molecular complexity index is 691. The molecular formula is C17H16O4. The number of hydrogen-bond acceptors (Lipinski definition) is 4. The third-order valence-corrected chi connectivity index (χ3v) is 3.81. The van der Waals surface area contributed by atoms with E-state index in [0.29, 0.717) is 30.8 Å². The fourth-order valence-electron chi connectivity index (χ4n) is 2.66. The summed E-state index contributed by atoms with van der Waals surface area (Å²) in [4.78, 5) is 11.3. The van der Waals surface area contributed by atoms with Crippen molar-refractivity contribution in [3.8, 4) is 22.6 Å². The summed E-state index contributed by atoms with van der Waals surface area (Å²) in [5.41, 5.74) is 4.27. The van der Waals surface area contributed by atoms with Crippen LogP contribution in [0, 0.1) is 0 Å². The van der Waals surface area contributed by atoms with Crippen LogP contribution in [-0.4, -0.2) is 25.1 Å². The molecule has 2 aromatic carbocycles. The van der Waals surface area contributed by atoms with Crippen molar-refractivity contribution in [3.05, 3.63) is 47.0 Å². The van der Waals surface area contributed by atoms with E-state index in [1.807, 2.05) is 12.1 Å². The third kappa shape index (κ3) is 2.38. The Labute approximate surface area is 122 Å². The van der Waals surface area contributed by atoms with Gasteiger partial charge < -0.3 is 14.6 Å². The molecule has 2 aromatic rings. The topological polar surface area (TPSA) is 55.8 Å². The minimum absolute atomic E-state index is 0.119. The van der Waals surface area contributed by atoms with Crippen LogP contribution >= 0.6 is 0 Å². The molecule has 0 aliphatic carbocycles. The first-order chi connectivity index (χ1) is 10.2. The number of ether oxygens (including phenoxy) is 2. The van der Waals surface area contributed by atoms with Crippen LogP contribution in [0.4, 0.5) is 0 Å². The lowest BCUT2D eigenvalue weighted by molar-refractivity contribution is 0.110. The van der Waals surface area contributed by atoms with Gasteiger partial charge in [-0.1, -0.05) is 18.2 Å². The van der Waals surface area contributed by atoms with Crippen molar-refractivity contribution in [2.75, 3.05) is 13.7 Å². The SMILES string of the molecule is COc1ccc(-c2ccc3c(c2)CCOC3)c(C=O)c1O. The van der Waals surface area contributed by atoms with E-state index in [9.17, 15) is 9.90 Å². The molecule has 0 atom stereocenters. The van der Waals surface area contributed by atoms with Crippen molar-refractivity contribution >= 4 is 6.29 Å². The highest BCUT2D eigenvalue weighted by Gasteiger charge is 2.16. The van der Waals surface area contributed by atoms with Crippen LogP contribution in [0.3, 0.4) is 0 Å². The zero-order chi connectivity index (χ0) is 14.8. The maximum atomic E-state index is 11.3. The third-order valence-electron chi connectivity index (χ3n) is 3.81. The van der Waals surface area contributed by atoms with E-state index >= 15 is 0 Å². The lowest BCUT2D eigenvalue weighted by Gasteiger charge is -2.18. The number of fused-ring (bicyclic) bond motifs is 1. The molecule has 3 rings (SSSR count). The van der Waals surface area contributed by atoms with Gasteiger partial charge in [0.1, 0.15) is 0 Å². The predicted octanol–water partition coefficient (Wildman–Crippen LogP) is 2.95. The molecule has 0 amide bonds. The Kier molecular flexibility index (Phi) is 3.62. The highest BCUT2D eigenvalue weighted by Crippen LogP contribution is 2.37. The second-order valence-electron chi connectivity index (χ2n) is 4.98. The van der Waals surface area contributed by atoms with Crippen LogP contribution in [0.25, 0.3) is 11.1 Å². The molecule has 0 saturated heterocycles. The first kappa shape index (κ1) is 13.6. The minimum Gasteiger partial charge on any atom is -0.504 e. The number of phenols is 1. The van der Waals surface area contributed by atoms with Crippen molar-refractivity contribution in [1.82, 2.24) is 0 Å². The fourth-order valence-corrected chi connectivity index (χ4v) is 2.66. The minimum atomic E-state index is -0.119. The van der Waals surface area contributed by atoms with Crippen LogP contribution < -0.4 is 4.74 Å². The quantitative estimate of drug-likeness (QED) is 0.880. The lowest BCUT2D eigenvalue weighted by Crippen LogP contribution is -2.09. The maximum absolute atomic E-state index is 11.3. The van der Waals surface area contributed by atoms with Crippen LogP contribution in [0.5, 0.6) is 11.5 Å². The molecule has 4 nitrogen and oxygen atoms in total. The Morgan fingerprint density at radius 1 is 1.24 bits per heavy atom. The van der Waals surface area contributed by atoms with Gasteiger partial charge in [0.2, 0.25) is 0 Å². The monoisotopic (exact) mass is 284 g/mol. The molecule has 0 unspecified atom stereocenters. The highest BCUT2D eigenvalue weighted by atomic mass is 16.5. The van der Waals surface area contributed by atoms with Crippen molar-refractivity contribution < 1.29 is 19.4 Å². The van der Waals surface area contributed by atoms with Gasteiger partial charge in [0, 0.05) is 0 Å². The molecule has 1 N–H and O–H groups in total. The Morgan fingerprint density at radius 2 is 2.10 bits per heavy atom. The zero-order valence-corrected chi connectivity index (χ0v) is 11.8. The van der Waals surface area contributed by atoms with Crippen LogP contribution in [0.15, 0.2) is 30.3 Å². The molecule has 0 fully saturated rings. The van der Waals surface area contributed by atoms with E-state index < -0.39 is 0 Å². The van der Waals surface area contributed by atoms with Gasteiger partial charge in [-0.05, 0) is 40.8 Å². The normalized spacial score (nSPS) is 13.6. The largest absolute Gasteiger partial charge is 0.504 e. The summed E-state index contributed by atoms with van der Waals surface area (Å²) in [6.07, 6.45) is 1.53. The number of methoxy groups -OCH3 is 1. The number of hydrogen-bond donors (Lipinski definition) is 1. The number of phenolic OH excluding ortho intramolecular Hbond substituents is 1. The van der Waals surface area contributed by atoms with Gasteiger partial charge in [-0.2, -0.15) is 0 Å². The fraction of sp³-hybridized carbons (Fsp3) is 0.235. The average molecular weight is 284 g/mol. The Hall–Kier alpha value is -2.33. The van der Waals surface area contributed by atoms with Gasteiger partial charge in [-0.15, -0.1) is 0 Å². The Balaban J connectivity index is 2.12. The van der Waals surface area contributed by atoms with E-state index in [-0.39, 0.29) is 11.3 Å². The molecule has 0 spiro atoms. The van der Waals surface area contributed by atoms with Crippen LogP contribution in [0.1, 0.15) is 21.5 Å². The summed E-state index contributed by atoms with van der Waals surface area (Å²) in [6, 6.07) is 9.48. The van der Waals surface area contributed by atoms with Gasteiger partial charge in [0.15, 0.2) is 17.8 Å². The molecule has 108 valence electrons. The van der Waals surface area contributed by atoms with Crippen molar-refractivity contribution in [2.45, 2.75) is 13.0 Å². The number of aromatic hydroxyl groups is 1. The van der Waals surface area contributed by atoms with Gasteiger partial charge in [0.25, 0.3) is 0 Å². The molecule has 1 aliphatic rings. The van der Waals surface area contributed by atoms with E-state index in [0.717, 1.165) is 12.0 Å². The Morgan fingerprint density at radius 3 is 2.86 bits per heavy atom. The van der Waals surface area contributed by atoms with E-state index in [4.69, 9.17) is 9.47 Å². The van der Waals surface area contributed by atoms with Crippen molar-refractivity contribution in [3.63, 3.8) is 0 Å². The molecule has 0 aromatic heterocycles. The van der Waals surface area contributed by atoms with Crippen LogP contribution in [0.2, 0.25) is 0 Å². The first-order valence-corrected chi connectivity index (χ1v) is 6.79. The number of rotatable bonds is 3. The molecule has 4 heteroatoms. The molecule has 0 saturated carbocycles. The summed E-state index contributed by atoms with van der Waals surface area (Å²) in [6.45, 7) is 1.34. The van der Waals surface area contributed by atoms with Gasteiger partial charge in [0.05, 0.1) is 25.9 Å². The summed E-state index contributed by atoms with van der Waals surface area (Å²) < 4.78 is 10.5. The summed E-state index contributed by atoms with van der Waals surface area (Å²) in [5, 5.41) is 10.1. The molecule has 21 heavy (non-hydrogen) atoms. The van der Waals surface area contributed by atoms with Crippen molar-refractivity contribution in [2.24, 2.45) is 0 Å². The number of carbonyl (C=O) groups excluding carboxylic acids is 1. The summed E-state index contributed by atoms with van der Waals surface area (Å²) >= 11 is 0. The van der Waals surface area contributed by atoms with E-state index in [2.05, 4.69) is 6.07 Å².